The van der Waals surface area contributed by atoms with Crippen molar-refractivity contribution in [1.29, 1.82) is 0 Å². The normalized spacial score (nSPS) is 21.2. The fourth-order valence-corrected chi connectivity index (χ4v) is 5.04. The molecule has 0 bridgehead atoms. The van der Waals surface area contributed by atoms with Gasteiger partial charge >= 0.3 is 0 Å². The van der Waals surface area contributed by atoms with Gasteiger partial charge in [0, 0.05) is 18.6 Å². The second kappa shape index (κ2) is 14.1. The topological polar surface area (TPSA) is 63.1 Å². The minimum atomic E-state index is -0.677. The molecule has 3 N–H and O–H groups in total. The molecular weight excluding hydrogens is 489 g/mol. The van der Waals surface area contributed by atoms with Crippen LogP contribution in [0.4, 0.5) is 0 Å². The predicted octanol–water partition coefficient (Wildman–Crippen LogP) is 3.44. The first-order chi connectivity index (χ1) is 14.0. The SMILES string of the molecule is CCCC(O)(CCC)CN=C(NCC)NCC1(N2CCCCC2)CCN(C)CC1.I. The summed E-state index contributed by atoms with van der Waals surface area (Å²) in [5.41, 5.74) is -0.448. The Morgan fingerprint density at radius 1 is 0.967 bits per heavy atom. The molecule has 0 aromatic heterocycles. The predicted molar refractivity (Wildman–Crippen MR) is 139 cm³/mol. The highest BCUT2D eigenvalue weighted by Crippen LogP contribution is 2.31. The first kappa shape index (κ1) is 27.9. The fraction of sp³-hybridized carbons (Fsp3) is 0.957. The van der Waals surface area contributed by atoms with Gasteiger partial charge in [-0.25, -0.2) is 0 Å². The summed E-state index contributed by atoms with van der Waals surface area (Å²) in [6, 6.07) is 0. The molecule has 0 saturated carbocycles. The Morgan fingerprint density at radius 2 is 1.57 bits per heavy atom. The van der Waals surface area contributed by atoms with Crippen molar-refractivity contribution in [1.82, 2.24) is 20.4 Å². The third-order valence-corrected chi connectivity index (χ3v) is 6.84. The number of nitrogens with one attached hydrogen (secondary N) is 2. The average molecular weight is 538 g/mol. The summed E-state index contributed by atoms with van der Waals surface area (Å²) >= 11 is 0. The molecule has 0 unspecified atom stereocenters. The smallest absolute Gasteiger partial charge is 0.191 e. The summed E-state index contributed by atoms with van der Waals surface area (Å²) in [7, 11) is 2.24. The molecule has 2 aliphatic rings. The van der Waals surface area contributed by atoms with Crippen molar-refractivity contribution < 1.29 is 5.11 Å². The van der Waals surface area contributed by atoms with E-state index in [1.165, 1.54) is 58.3 Å². The van der Waals surface area contributed by atoms with E-state index in [0.717, 1.165) is 44.7 Å². The Hall–Kier alpha value is -0.120. The number of likely N-dealkylation sites (tertiary alicyclic amines) is 2. The molecule has 30 heavy (non-hydrogen) atoms. The second-order valence-corrected chi connectivity index (χ2v) is 9.35. The molecule has 2 fully saturated rings. The molecule has 178 valence electrons. The molecule has 2 aliphatic heterocycles. The first-order valence-electron chi connectivity index (χ1n) is 12.1. The van der Waals surface area contributed by atoms with E-state index in [2.05, 4.69) is 48.3 Å². The van der Waals surface area contributed by atoms with Crippen LogP contribution < -0.4 is 10.6 Å². The molecule has 2 rings (SSSR count). The number of aliphatic imine (C=N–C) groups is 1. The number of rotatable bonds is 10. The van der Waals surface area contributed by atoms with Gasteiger partial charge in [-0.15, -0.1) is 24.0 Å². The fourth-order valence-electron chi connectivity index (χ4n) is 5.04. The van der Waals surface area contributed by atoms with Crippen LogP contribution in [-0.4, -0.2) is 84.9 Å². The van der Waals surface area contributed by atoms with Gasteiger partial charge in [-0.05, 0) is 78.7 Å². The molecule has 0 aliphatic carbocycles. The van der Waals surface area contributed by atoms with E-state index in [4.69, 9.17) is 4.99 Å². The maximum absolute atomic E-state index is 11.0. The van der Waals surface area contributed by atoms with Gasteiger partial charge in [-0.2, -0.15) is 0 Å². The molecule has 0 atom stereocenters. The van der Waals surface area contributed by atoms with Crippen molar-refractivity contribution in [3.8, 4) is 0 Å². The van der Waals surface area contributed by atoms with Crippen LogP contribution in [0.15, 0.2) is 4.99 Å². The van der Waals surface area contributed by atoms with Crippen LogP contribution in [0.5, 0.6) is 0 Å². The van der Waals surface area contributed by atoms with Crippen molar-refractivity contribution in [3.63, 3.8) is 0 Å². The monoisotopic (exact) mass is 537 g/mol. The quantitative estimate of drug-likeness (QED) is 0.227. The number of piperidine rings is 2. The highest BCUT2D eigenvalue weighted by molar-refractivity contribution is 14.0. The molecule has 6 nitrogen and oxygen atoms in total. The number of halogens is 1. The van der Waals surface area contributed by atoms with E-state index < -0.39 is 5.60 Å². The van der Waals surface area contributed by atoms with E-state index in [-0.39, 0.29) is 29.5 Å². The van der Waals surface area contributed by atoms with Gasteiger partial charge < -0.3 is 20.6 Å². The summed E-state index contributed by atoms with van der Waals surface area (Å²) in [5, 5.41) is 18.0. The Morgan fingerprint density at radius 3 is 2.10 bits per heavy atom. The molecule has 2 heterocycles. The number of hydrogen-bond acceptors (Lipinski definition) is 4. The minimum Gasteiger partial charge on any atom is -0.388 e. The molecule has 0 spiro atoms. The maximum Gasteiger partial charge on any atom is 0.191 e. The molecule has 0 aromatic carbocycles. The summed E-state index contributed by atoms with van der Waals surface area (Å²) in [4.78, 5) is 10.0. The van der Waals surface area contributed by atoms with Crippen molar-refractivity contribution in [2.24, 2.45) is 4.99 Å². The lowest BCUT2D eigenvalue weighted by Gasteiger charge is -2.50. The van der Waals surface area contributed by atoms with Crippen LogP contribution in [0.25, 0.3) is 0 Å². The molecule has 2 saturated heterocycles. The van der Waals surface area contributed by atoms with Crippen molar-refractivity contribution >= 4 is 29.9 Å². The van der Waals surface area contributed by atoms with Crippen LogP contribution in [-0.2, 0) is 0 Å². The van der Waals surface area contributed by atoms with E-state index in [9.17, 15) is 5.11 Å². The average Bonchev–Trinajstić information content (AvgIpc) is 2.73. The standard InChI is InChI=1S/C23H47N5O.HI/c1-5-11-23(29,12-6-2)20-26-21(24-7-3)25-19-22(13-17-27(4)18-14-22)28-15-9-8-10-16-28;/h29H,5-20H2,1-4H3,(H2,24,25,26);1H. The van der Waals surface area contributed by atoms with E-state index >= 15 is 0 Å². The van der Waals surface area contributed by atoms with E-state index in [1.807, 2.05) is 0 Å². The lowest BCUT2D eigenvalue weighted by Crippen LogP contribution is -2.62. The maximum atomic E-state index is 11.0. The van der Waals surface area contributed by atoms with Gasteiger partial charge in [0.05, 0.1) is 12.1 Å². The zero-order valence-electron chi connectivity index (χ0n) is 20.0. The number of aliphatic hydroxyl groups is 1. The summed E-state index contributed by atoms with van der Waals surface area (Å²) < 4.78 is 0. The summed E-state index contributed by atoms with van der Waals surface area (Å²) in [5.74, 6) is 0.855. The molecule has 0 amide bonds. The van der Waals surface area contributed by atoms with Crippen molar-refractivity contribution in [3.05, 3.63) is 0 Å². The van der Waals surface area contributed by atoms with Crippen LogP contribution in [0.3, 0.4) is 0 Å². The van der Waals surface area contributed by atoms with Gasteiger partial charge in [0.15, 0.2) is 5.96 Å². The first-order valence-corrected chi connectivity index (χ1v) is 12.1. The number of nitrogens with zero attached hydrogens (tertiary/aromatic N) is 3. The Balaban J connectivity index is 0.00000450. The summed E-state index contributed by atoms with van der Waals surface area (Å²) in [6.07, 6.45) is 10.1. The Labute approximate surface area is 202 Å². The van der Waals surface area contributed by atoms with Crippen molar-refractivity contribution in [2.75, 3.05) is 52.9 Å². The highest BCUT2D eigenvalue weighted by Gasteiger charge is 2.39. The van der Waals surface area contributed by atoms with Gasteiger partial charge in [0.2, 0.25) is 0 Å². The third kappa shape index (κ3) is 8.43. The van der Waals surface area contributed by atoms with E-state index in [1.54, 1.807) is 0 Å². The molecule has 0 radical (unpaired) electrons. The molecule has 0 aromatic rings. The third-order valence-electron chi connectivity index (χ3n) is 6.84. The lowest BCUT2D eigenvalue weighted by molar-refractivity contribution is 0.0171. The van der Waals surface area contributed by atoms with Gasteiger partial charge in [-0.3, -0.25) is 9.89 Å². The lowest BCUT2D eigenvalue weighted by atomic mass is 9.84. The Kier molecular flexibility index (Phi) is 13.1. The number of hydrogen-bond donors (Lipinski definition) is 3. The largest absolute Gasteiger partial charge is 0.388 e. The highest BCUT2D eigenvalue weighted by atomic mass is 127. The van der Waals surface area contributed by atoms with Gasteiger partial charge in [-0.1, -0.05) is 33.1 Å². The Bertz CT molecular complexity index is 482. The van der Waals surface area contributed by atoms with Crippen LogP contribution in [0, 0.1) is 0 Å². The zero-order valence-corrected chi connectivity index (χ0v) is 22.3. The van der Waals surface area contributed by atoms with Crippen LogP contribution >= 0.6 is 24.0 Å². The van der Waals surface area contributed by atoms with Crippen LogP contribution in [0.2, 0.25) is 0 Å². The van der Waals surface area contributed by atoms with Gasteiger partial charge in [0.25, 0.3) is 0 Å². The van der Waals surface area contributed by atoms with Crippen molar-refractivity contribution in [2.45, 2.75) is 89.7 Å². The number of guanidine groups is 1. The summed E-state index contributed by atoms with van der Waals surface area (Å²) in [6.45, 7) is 13.4. The zero-order chi connectivity index (χ0) is 21.2. The minimum absolute atomic E-state index is 0. The van der Waals surface area contributed by atoms with Gasteiger partial charge in [0.1, 0.15) is 0 Å². The molecule has 7 heteroatoms. The second-order valence-electron chi connectivity index (χ2n) is 9.35. The molecular formula is C23H48IN5O. The van der Waals surface area contributed by atoms with E-state index in [0.29, 0.717) is 6.54 Å². The van der Waals surface area contributed by atoms with Crippen LogP contribution in [0.1, 0.15) is 78.6 Å².